The molecule has 0 aliphatic carbocycles. The maximum Gasteiger partial charge on any atom is 0.255 e. The number of hydrogen-bond donors (Lipinski definition) is 2. The molecule has 0 radical (unpaired) electrons. The molecule has 3 aromatic carbocycles. The van der Waals surface area contributed by atoms with Crippen molar-refractivity contribution in [2.45, 2.75) is 19.6 Å². The minimum Gasteiger partial charge on any atom is -0.497 e. The number of benzene rings is 3. The number of methoxy groups -OCH3 is 3. The summed E-state index contributed by atoms with van der Waals surface area (Å²) in [6.45, 7) is 2.04. The minimum absolute atomic E-state index is 0.229. The van der Waals surface area contributed by atoms with E-state index in [1.165, 1.54) is 32.7 Å². The van der Waals surface area contributed by atoms with Crippen molar-refractivity contribution in [3.05, 3.63) is 95.2 Å². The smallest absolute Gasteiger partial charge is 0.255 e. The van der Waals surface area contributed by atoms with Crippen LogP contribution in [0.1, 0.15) is 24.1 Å². The number of carbonyl (C=O) groups excluding carboxylic acids is 1. The van der Waals surface area contributed by atoms with Gasteiger partial charge in [0.05, 0.1) is 32.6 Å². The summed E-state index contributed by atoms with van der Waals surface area (Å²) >= 11 is 0. The Kier molecular flexibility index (Phi) is 7.54. The Morgan fingerprint density at radius 1 is 0.975 bits per heavy atom. The van der Waals surface area contributed by atoms with Gasteiger partial charge in [-0.15, -0.1) is 0 Å². The van der Waals surface area contributed by atoms with Crippen LogP contribution in [0.15, 0.2) is 78.3 Å². The van der Waals surface area contributed by atoms with E-state index < -0.39 is 6.04 Å². The predicted octanol–water partition coefficient (Wildman–Crippen LogP) is 4.95. The Bertz CT molecular complexity index is 1570. The molecular weight excluding hydrogens is 517 g/mol. The summed E-state index contributed by atoms with van der Waals surface area (Å²) in [6, 6.07) is 16.0. The van der Waals surface area contributed by atoms with E-state index in [1.54, 1.807) is 54.3 Å². The molecule has 0 saturated carbocycles. The molecule has 1 atom stereocenters. The van der Waals surface area contributed by atoms with E-state index in [0.29, 0.717) is 45.9 Å². The fourth-order valence-corrected chi connectivity index (χ4v) is 4.50. The van der Waals surface area contributed by atoms with E-state index in [2.05, 4.69) is 20.7 Å². The Morgan fingerprint density at radius 3 is 2.48 bits per heavy atom. The molecule has 5 rings (SSSR count). The SMILES string of the molecule is COc1ccc(NC(=O)C2=C(C)Nc3ncnn3[C@@H]2c2ccc(OCc3ccc(F)cc3)c(OC)c2)c(OC)c1. The normalized spacial score (nSPS) is 14.2. The molecule has 0 saturated heterocycles. The van der Waals surface area contributed by atoms with E-state index in [4.69, 9.17) is 18.9 Å². The van der Waals surface area contributed by atoms with E-state index in [0.717, 1.165) is 11.1 Å². The molecule has 2 heterocycles. The molecule has 11 heteroatoms. The van der Waals surface area contributed by atoms with Gasteiger partial charge in [-0.05, 0) is 54.4 Å². The molecule has 1 aliphatic heterocycles. The Hall–Kier alpha value is -5.06. The molecule has 40 heavy (non-hydrogen) atoms. The number of nitrogens with one attached hydrogen (secondary N) is 2. The summed E-state index contributed by atoms with van der Waals surface area (Å²) < 4.78 is 37.2. The monoisotopic (exact) mass is 545 g/mol. The summed E-state index contributed by atoms with van der Waals surface area (Å²) in [5.74, 6) is 1.85. The van der Waals surface area contributed by atoms with Gasteiger partial charge in [0.25, 0.3) is 5.91 Å². The highest BCUT2D eigenvalue weighted by molar-refractivity contribution is 6.06. The van der Waals surface area contributed by atoms with E-state index in [9.17, 15) is 9.18 Å². The molecule has 206 valence electrons. The van der Waals surface area contributed by atoms with Gasteiger partial charge in [0.1, 0.15) is 36.3 Å². The van der Waals surface area contributed by atoms with Crippen LogP contribution in [0.3, 0.4) is 0 Å². The first-order valence-corrected chi connectivity index (χ1v) is 12.4. The first-order valence-electron chi connectivity index (χ1n) is 12.4. The van der Waals surface area contributed by atoms with Gasteiger partial charge in [-0.25, -0.2) is 9.07 Å². The van der Waals surface area contributed by atoms with Crippen LogP contribution in [0.4, 0.5) is 16.0 Å². The molecule has 10 nitrogen and oxygen atoms in total. The number of carbonyl (C=O) groups is 1. The maximum atomic E-state index is 13.8. The van der Waals surface area contributed by atoms with Crippen molar-refractivity contribution in [2.24, 2.45) is 0 Å². The molecule has 1 aromatic heterocycles. The van der Waals surface area contributed by atoms with E-state index >= 15 is 0 Å². The Morgan fingerprint density at radius 2 is 1.75 bits per heavy atom. The lowest BCUT2D eigenvalue weighted by molar-refractivity contribution is -0.113. The average Bonchev–Trinajstić information content (AvgIpc) is 3.44. The summed E-state index contributed by atoms with van der Waals surface area (Å²) in [4.78, 5) is 18.1. The minimum atomic E-state index is -0.622. The number of hydrogen-bond acceptors (Lipinski definition) is 8. The van der Waals surface area contributed by atoms with Crippen molar-refractivity contribution in [3.63, 3.8) is 0 Å². The highest BCUT2D eigenvalue weighted by Crippen LogP contribution is 2.39. The number of aromatic nitrogens is 3. The zero-order valence-corrected chi connectivity index (χ0v) is 22.4. The summed E-state index contributed by atoms with van der Waals surface area (Å²) in [5.41, 5.74) is 3.07. The van der Waals surface area contributed by atoms with Crippen LogP contribution in [-0.2, 0) is 11.4 Å². The first kappa shape index (κ1) is 26.5. The van der Waals surface area contributed by atoms with E-state index in [-0.39, 0.29) is 18.3 Å². The molecule has 4 aromatic rings. The van der Waals surface area contributed by atoms with Crippen molar-refractivity contribution < 1.29 is 28.1 Å². The van der Waals surface area contributed by atoms with Crippen molar-refractivity contribution in [1.82, 2.24) is 14.8 Å². The third kappa shape index (κ3) is 5.26. The highest BCUT2D eigenvalue weighted by Gasteiger charge is 2.34. The second-order valence-corrected chi connectivity index (χ2v) is 8.94. The van der Waals surface area contributed by atoms with Gasteiger partial charge in [0.15, 0.2) is 11.5 Å². The molecule has 0 bridgehead atoms. The van der Waals surface area contributed by atoms with Gasteiger partial charge in [0.2, 0.25) is 5.95 Å². The number of ether oxygens (including phenoxy) is 4. The first-order chi connectivity index (χ1) is 19.4. The van der Waals surface area contributed by atoms with Crippen LogP contribution in [0.25, 0.3) is 0 Å². The van der Waals surface area contributed by atoms with Crippen LogP contribution >= 0.6 is 0 Å². The largest absolute Gasteiger partial charge is 0.497 e. The van der Waals surface area contributed by atoms with Crippen LogP contribution in [0, 0.1) is 5.82 Å². The lowest BCUT2D eigenvalue weighted by atomic mass is 9.94. The second-order valence-electron chi connectivity index (χ2n) is 8.94. The average molecular weight is 546 g/mol. The Balaban J connectivity index is 1.47. The topological polar surface area (TPSA) is 109 Å². The van der Waals surface area contributed by atoms with Gasteiger partial charge >= 0.3 is 0 Å². The molecule has 2 N–H and O–H groups in total. The number of nitrogens with zero attached hydrogens (tertiary/aromatic N) is 3. The number of rotatable bonds is 9. The quantitative estimate of drug-likeness (QED) is 0.304. The number of halogens is 1. The predicted molar refractivity (Wildman–Crippen MR) is 146 cm³/mol. The number of allylic oxidation sites excluding steroid dienone is 1. The fraction of sp³-hybridized carbons (Fsp3) is 0.207. The zero-order chi connectivity index (χ0) is 28.2. The lowest BCUT2D eigenvalue weighted by Gasteiger charge is -2.29. The molecule has 1 amide bonds. The maximum absolute atomic E-state index is 13.8. The molecule has 1 aliphatic rings. The van der Waals surface area contributed by atoms with Crippen LogP contribution in [0.2, 0.25) is 0 Å². The van der Waals surface area contributed by atoms with Crippen LogP contribution in [0.5, 0.6) is 23.0 Å². The highest BCUT2D eigenvalue weighted by atomic mass is 19.1. The molecule has 0 unspecified atom stereocenters. The van der Waals surface area contributed by atoms with Crippen LogP contribution < -0.4 is 29.6 Å². The number of anilines is 2. The third-order valence-electron chi connectivity index (χ3n) is 6.51. The Labute approximate surface area is 230 Å². The van der Waals surface area contributed by atoms with Crippen molar-refractivity contribution in [3.8, 4) is 23.0 Å². The van der Waals surface area contributed by atoms with Crippen LogP contribution in [-0.4, -0.2) is 42.0 Å². The third-order valence-corrected chi connectivity index (χ3v) is 6.51. The second kappa shape index (κ2) is 11.4. The van der Waals surface area contributed by atoms with Crippen molar-refractivity contribution in [1.29, 1.82) is 0 Å². The molecule has 0 fully saturated rings. The number of amides is 1. The summed E-state index contributed by atoms with van der Waals surface area (Å²) in [7, 11) is 4.62. The molecular formula is C29H28FN5O5. The summed E-state index contributed by atoms with van der Waals surface area (Å²) in [6.07, 6.45) is 1.42. The molecule has 0 spiro atoms. The number of fused-ring (bicyclic) bond motifs is 1. The van der Waals surface area contributed by atoms with E-state index in [1.807, 2.05) is 13.0 Å². The van der Waals surface area contributed by atoms with Gasteiger partial charge in [-0.1, -0.05) is 18.2 Å². The van der Waals surface area contributed by atoms with Crippen molar-refractivity contribution in [2.75, 3.05) is 32.0 Å². The van der Waals surface area contributed by atoms with Gasteiger partial charge in [-0.2, -0.15) is 10.1 Å². The van der Waals surface area contributed by atoms with Gasteiger partial charge < -0.3 is 29.6 Å². The lowest BCUT2D eigenvalue weighted by Crippen LogP contribution is -2.31. The van der Waals surface area contributed by atoms with Gasteiger partial charge in [-0.3, -0.25) is 4.79 Å². The van der Waals surface area contributed by atoms with Gasteiger partial charge in [0, 0.05) is 11.8 Å². The standard InChI is InChI=1S/C29H28FN5O5/c1-17-26(28(36)34-22-11-10-21(37-2)14-24(22)38-3)27(35-29(33-17)31-16-32-35)19-7-12-23(25(13-19)39-4)40-15-18-5-8-20(30)9-6-18/h5-14,16,27H,15H2,1-4H3,(H,34,36)(H,31,32,33)/t27-/m1/s1. The summed E-state index contributed by atoms with van der Waals surface area (Å²) in [5, 5.41) is 10.5. The zero-order valence-electron chi connectivity index (χ0n) is 22.4. The van der Waals surface area contributed by atoms with Crippen molar-refractivity contribution >= 4 is 17.5 Å². The fourth-order valence-electron chi connectivity index (χ4n) is 4.50.